The third-order valence-corrected chi connectivity index (χ3v) is 3.50. The van der Waals surface area contributed by atoms with Crippen molar-refractivity contribution in [3.8, 4) is 0 Å². The highest BCUT2D eigenvalue weighted by atomic mass is 16.4. The van der Waals surface area contributed by atoms with E-state index in [4.69, 9.17) is 0 Å². The van der Waals surface area contributed by atoms with Crippen LogP contribution < -0.4 is 5.32 Å². The number of aliphatic carboxylic acids is 1. The number of urea groups is 1. The number of carboxylic acid groups (broad SMARTS) is 1. The SMILES string of the molecule is CC1CCN(C(=O)NC(C)c2nn[nH]n2)C(C(=O)O)C1. The third-order valence-electron chi connectivity index (χ3n) is 3.50. The quantitative estimate of drug-likeness (QED) is 0.725. The number of rotatable bonds is 3. The lowest BCUT2D eigenvalue weighted by molar-refractivity contribution is -0.143. The molecule has 110 valence electrons. The molecule has 2 heterocycles. The summed E-state index contributed by atoms with van der Waals surface area (Å²) in [5.74, 6) is -0.315. The number of nitrogens with one attached hydrogen (secondary N) is 2. The van der Waals surface area contributed by atoms with Gasteiger partial charge in [-0.3, -0.25) is 0 Å². The first-order chi connectivity index (χ1) is 9.49. The summed E-state index contributed by atoms with van der Waals surface area (Å²) < 4.78 is 0. The molecule has 3 atom stereocenters. The van der Waals surface area contributed by atoms with Gasteiger partial charge in [-0.1, -0.05) is 12.1 Å². The fourth-order valence-corrected chi connectivity index (χ4v) is 2.30. The number of aromatic nitrogens is 4. The molecular formula is C11H18N6O3. The molecule has 1 fully saturated rings. The van der Waals surface area contributed by atoms with Gasteiger partial charge in [-0.2, -0.15) is 5.21 Å². The monoisotopic (exact) mass is 282 g/mol. The molecule has 0 saturated carbocycles. The molecule has 1 aliphatic rings. The zero-order valence-corrected chi connectivity index (χ0v) is 11.4. The summed E-state index contributed by atoms with van der Waals surface area (Å²) in [6.45, 7) is 4.14. The maximum atomic E-state index is 12.2. The number of amides is 2. The normalized spacial score (nSPS) is 24.2. The van der Waals surface area contributed by atoms with Gasteiger partial charge < -0.3 is 15.3 Å². The van der Waals surface area contributed by atoms with Crippen molar-refractivity contribution >= 4 is 12.0 Å². The molecule has 3 unspecified atom stereocenters. The molecule has 0 aromatic carbocycles. The van der Waals surface area contributed by atoms with E-state index in [2.05, 4.69) is 25.9 Å². The third kappa shape index (κ3) is 3.03. The average Bonchev–Trinajstić information content (AvgIpc) is 2.92. The minimum absolute atomic E-state index is 0.301. The van der Waals surface area contributed by atoms with Crippen LogP contribution in [0, 0.1) is 5.92 Å². The van der Waals surface area contributed by atoms with Crippen molar-refractivity contribution < 1.29 is 14.7 Å². The minimum atomic E-state index is -0.973. The number of carbonyl (C=O) groups excluding carboxylic acids is 1. The Balaban J connectivity index is 2.01. The van der Waals surface area contributed by atoms with Gasteiger partial charge in [0.2, 0.25) is 0 Å². The number of aromatic amines is 1. The summed E-state index contributed by atoms with van der Waals surface area (Å²) in [5.41, 5.74) is 0. The van der Waals surface area contributed by atoms with Crippen molar-refractivity contribution in [2.45, 2.75) is 38.8 Å². The van der Waals surface area contributed by atoms with Crippen LogP contribution in [0.25, 0.3) is 0 Å². The molecule has 0 spiro atoms. The maximum absolute atomic E-state index is 12.2. The predicted octanol–water partition coefficient (Wildman–Crippen LogP) is 0.155. The van der Waals surface area contributed by atoms with Crippen LogP contribution in [-0.4, -0.2) is 55.2 Å². The fraction of sp³-hybridized carbons (Fsp3) is 0.727. The van der Waals surface area contributed by atoms with Crippen molar-refractivity contribution in [1.29, 1.82) is 0 Å². The van der Waals surface area contributed by atoms with E-state index in [0.717, 1.165) is 6.42 Å². The first-order valence-corrected chi connectivity index (χ1v) is 6.52. The molecule has 1 aromatic rings. The standard InChI is InChI=1S/C11H18N6O3/c1-6-3-4-17(8(5-6)10(18)19)11(20)12-7(2)9-13-15-16-14-9/h6-8H,3-5H2,1-2H3,(H,12,20)(H,18,19)(H,13,14,15,16). The van der Waals surface area contributed by atoms with Gasteiger partial charge in [0.15, 0.2) is 5.82 Å². The number of H-pyrrole nitrogens is 1. The van der Waals surface area contributed by atoms with Crippen molar-refractivity contribution in [2.24, 2.45) is 5.92 Å². The van der Waals surface area contributed by atoms with Gasteiger partial charge in [0.25, 0.3) is 0 Å². The van der Waals surface area contributed by atoms with E-state index in [9.17, 15) is 14.7 Å². The van der Waals surface area contributed by atoms with Crippen molar-refractivity contribution in [3.05, 3.63) is 5.82 Å². The smallest absolute Gasteiger partial charge is 0.326 e. The van der Waals surface area contributed by atoms with E-state index in [-0.39, 0.29) is 0 Å². The van der Waals surface area contributed by atoms with Crippen molar-refractivity contribution in [1.82, 2.24) is 30.8 Å². The number of nitrogens with zero attached hydrogens (tertiary/aromatic N) is 4. The van der Waals surface area contributed by atoms with Crippen LogP contribution in [0.4, 0.5) is 4.79 Å². The number of likely N-dealkylation sites (tertiary alicyclic amines) is 1. The Morgan fingerprint density at radius 3 is 2.90 bits per heavy atom. The Hall–Kier alpha value is -2.19. The number of hydrogen-bond acceptors (Lipinski definition) is 5. The zero-order valence-electron chi connectivity index (χ0n) is 11.4. The fourth-order valence-electron chi connectivity index (χ4n) is 2.30. The van der Waals surface area contributed by atoms with Crippen LogP contribution in [0.5, 0.6) is 0 Å². The number of carbonyl (C=O) groups is 2. The maximum Gasteiger partial charge on any atom is 0.326 e. The summed E-state index contributed by atoms with van der Waals surface area (Å²) in [6.07, 6.45) is 1.27. The lowest BCUT2D eigenvalue weighted by Gasteiger charge is -2.36. The summed E-state index contributed by atoms with van der Waals surface area (Å²) >= 11 is 0. The summed E-state index contributed by atoms with van der Waals surface area (Å²) in [7, 11) is 0. The van der Waals surface area contributed by atoms with Crippen LogP contribution >= 0.6 is 0 Å². The summed E-state index contributed by atoms with van der Waals surface area (Å²) in [5, 5.41) is 25.2. The molecule has 0 radical (unpaired) electrons. The molecule has 2 amide bonds. The molecule has 1 aromatic heterocycles. The topological polar surface area (TPSA) is 124 Å². The van der Waals surface area contributed by atoms with E-state index in [1.54, 1.807) is 6.92 Å². The van der Waals surface area contributed by atoms with Crippen LogP contribution in [0.2, 0.25) is 0 Å². The Bertz CT molecular complexity index is 477. The zero-order chi connectivity index (χ0) is 14.7. The van der Waals surface area contributed by atoms with Crippen molar-refractivity contribution in [3.63, 3.8) is 0 Å². The minimum Gasteiger partial charge on any atom is -0.480 e. The molecular weight excluding hydrogens is 264 g/mol. The van der Waals surface area contributed by atoms with Gasteiger partial charge in [-0.25, -0.2) is 9.59 Å². The van der Waals surface area contributed by atoms with Crippen molar-refractivity contribution in [2.75, 3.05) is 6.54 Å². The molecule has 9 nitrogen and oxygen atoms in total. The number of tetrazole rings is 1. The molecule has 0 bridgehead atoms. The second-order valence-corrected chi connectivity index (χ2v) is 5.12. The van der Waals surface area contributed by atoms with Crippen LogP contribution in [0.3, 0.4) is 0 Å². The van der Waals surface area contributed by atoms with Gasteiger partial charge in [0, 0.05) is 6.54 Å². The van der Waals surface area contributed by atoms with Gasteiger partial charge in [0.05, 0.1) is 6.04 Å². The summed E-state index contributed by atoms with van der Waals surface area (Å²) in [6, 6.07) is -1.63. The lowest BCUT2D eigenvalue weighted by atomic mass is 9.93. The summed E-state index contributed by atoms with van der Waals surface area (Å²) in [4.78, 5) is 24.8. The van der Waals surface area contributed by atoms with E-state index in [1.165, 1.54) is 4.90 Å². The van der Waals surface area contributed by atoms with E-state index in [1.807, 2.05) is 6.92 Å². The molecule has 1 aliphatic heterocycles. The van der Waals surface area contributed by atoms with E-state index < -0.39 is 24.1 Å². The first-order valence-electron chi connectivity index (χ1n) is 6.52. The van der Waals surface area contributed by atoms with Crippen LogP contribution in [-0.2, 0) is 4.79 Å². The molecule has 3 N–H and O–H groups in total. The predicted molar refractivity (Wildman–Crippen MR) is 67.7 cm³/mol. The molecule has 1 saturated heterocycles. The molecule has 9 heteroatoms. The van der Waals surface area contributed by atoms with Gasteiger partial charge >= 0.3 is 12.0 Å². The Kier molecular flexibility index (Phi) is 4.16. The van der Waals surface area contributed by atoms with E-state index in [0.29, 0.717) is 24.7 Å². The van der Waals surface area contributed by atoms with Crippen LogP contribution in [0.1, 0.15) is 38.6 Å². The highest BCUT2D eigenvalue weighted by Gasteiger charge is 2.35. The molecule has 2 rings (SSSR count). The van der Waals surface area contributed by atoms with E-state index >= 15 is 0 Å². The highest BCUT2D eigenvalue weighted by Crippen LogP contribution is 2.23. The number of hydrogen-bond donors (Lipinski definition) is 3. The highest BCUT2D eigenvalue weighted by molar-refractivity contribution is 5.83. The largest absolute Gasteiger partial charge is 0.480 e. The van der Waals surface area contributed by atoms with Gasteiger partial charge in [0.1, 0.15) is 6.04 Å². The second kappa shape index (κ2) is 5.85. The lowest BCUT2D eigenvalue weighted by Crippen LogP contribution is -2.53. The molecule has 20 heavy (non-hydrogen) atoms. The van der Waals surface area contributed by atoms with Crippen LogP contribution in [0.15, 0.2) is 0 Å². The Labute approximate surface area is 115 Å². The first kappa shape index (κ1) is 14.2. The Morgan fingerprint density at radius 1 is 1.55 bits per heavy atom. The Morgan fingerprint density at radius 2 is 2.30 bits per heavy atom. The van der Waals surface area contributed by atoms with Gasteiger partial charge in [-0.05, 0) is 25.7 Å². The number of piperidine rings is 1. The molecule has 0 aliphatic carbocycles. The second-order valence-electron chi connectivity index (χ2n) is 5.12. The number of carboxylic acids is 1. The van der Waals surface area contributed by atoms with Gasteiger partial charge in [-0.15, -0.1) is 10.2 Å². The average molecular weight is 282 g/mol.